The molecular weight excluding hydrogens is 1080 g/mol. The van der Waals surface area contributed by atoms with Crippen molar-refractivity contribution in [2.24, 2.45) is 57.3 Å². The summed E-state index contributed by atoms with van der Waals surface area (Å²) in [5.74, 6) is -14.7. The van der Waals surface area contributed by atoms with Crippen LogP contribution in [0.2, 0.25) is 0 Å². The second-order valence-corrected chi connectivity index (χ2v) is 21.8. The van der Waals surface area contributed by atoms with Crippen LogP contribution in [0.1, 0.15) is 133 Å². The normalized spacial score (nSPS) is 15.7. The lowest BCUT2D eigenvalue weighted by Gasteiger charge is -2.30. The van der Waals surface area contributed by atoms with Crippen molar-refractivity contribution in [1.29, 1.82) is 0 Å². The van der Waals surface area contributed by atoms with Crippen LogP contribution in [0.3, 0.4) is 0 Å². The quantitative estimate of drug-likeness (QED) is 0.0155. The number of aliphatic hydroxyl groups is 2. The van der Waals surface area contributed by atoms with Crippen LogP contribution in [-0.2, 0) is 57.5 Å². The van der Waals surface area contributed by atoms with Gasteiger partial charge in [0.2, 0.25) is 59.1 Å². The van der Waals surface area contributed by atoms with E-state index in [1.807, 2.05) is 0 Å². The first-order chi connectivity index (χ1) is 38.0. The molecule has 31 heteroatoms. The van der Waals surface area contributed by atoms with Gasteiger partial charge in [-0.25, -0.2) is 4.79 Å². The third kappa shape index (κ3) is 28.9. The second kappa shape index (κ2) is 37.7. The molecule has 0 heterocycles. The molecule has 0 aromatic heterocycles. The molecular formula is C51H93N15O16. The lowest BCUT2D eigenvalue weighted by Crippen LogP contribution is -2.63. The van der Waals surface area contributed by atoms with Gasteiger partial charge in [0.1, 0.15) is 54.4 Å². The maximum Gasteiger partial charge on any atom is 0.326 e. The molecule has 31 nitrogen and oxygen atoms in total. The summed E-state index contributed by atoms with van der Waals surface area (Å²) in [7, 11) is 0. The van der Waals surface area contributed by atoms with E-state index in [2.05, 4.69) is 52.8 Å². The first kappa shape index (κ1) is 74.8. The van der Waals surface area contributed by atoms with Crippen LogP contribution in [0.4, 0.5) is 0 Å². The smallest absolute Gasteiger partial charge is 0.326 e. The first-order valence-electron chi connectivity index (χ1n) is 27.4. The summed E-state index contributed by atoms with van der Waals surface area (Å²) in [5, 5.41) is 61.9. The summed E-state index contributed by atoms with van der Waals surface area (Å²) in [6, 6.07) is -15.1. The molecule has 0 fully saturated rings. The Morgan fingerprint density at radius 1 is 0.439 bits per heavy atom. The van der Waals surface area contributed by atoms with Gasteiger partial charge in [0, 0.05) is 13.0 Å². The number of unbranched alkanes of at least 4 members (excludes halogenated alkanes) is 1. The van der Waals surface area contributed by atoms with E-state index >= 15 is 0 Å². The lowest BCUT2D eigenvalue weighted by molar-refractivity contribution is -0.143. The van der Waals surface area contributed by atoms with Crippen molar-refractivity contribution in [1.82, 2.24) is 47.9 Å². The summed E-state index contributed by atoms with van der Waals surface area (Å²) in [4.78, 5) is 163. The van der Waals surface area contributed by atoms with E-state index in [0.717, 1.165) is 6.92 Å². The molecule has 0 bridgehead atoms. The number of carboxylic acid groups (broad SMARTS) is 2. The molecule has 0 aromatic carbocycles. The van der Waals surface area contributed by atoms with Crippen LogP contribution in [0.15, 0.2) is 4.99 Å². The molecule has 0 aliphatic rings. The maximum atomic E-state index is 14.2. The Morgan fingerprint density at radius 2 is 0.817 bits per heavy atom. The van der Waals surface area contributed by atoms with E-state index in [9.17, 15) is 72.9 Å². The van der Waals surface area contributed by atoms with Crippen molar-refractivity contribution < 1.29 is 78.0 Å². The molecule has 0 saturated heterocycles. The van der Waals surface area contributed by atoms with E-state index in [0.29, 0.717) is 6.42 Å². The van der Waals surface area contributed by atoms with Crippen LogP contribution in [0.5, 0.6) is 0 Å². The topological polar surface area (TPSA) is 536 Å². The van der Waals surface area contributed by atoms with Gasteiger partial charge >= 0.3 is 11.9 Å². The second-order valence-electron chi connectivity index (χ2n) is 21.8. The zero-order valence-corrected chi connectivity index (χ0v) is 48.7. The third-order valence-corrected chi connectivity index (χ3v) is 12.5. The SMILES string of the molecule is CC(C)C[C@H](NC(=O)[C@H](CCCN=C(N)N)NC(=O)[C@@H](NC(=O)[C@@H](N)C(C)C)[C@@H](C)O)C(=O)N[C@H](C(=O)N[C@@H](CC(N)=O)C(=O)N[C@H](C(=O)N[C@@H](CC(C)C)C(=O)N[C@@H](CCCCN)C(=O)N[C@@H](CCC(=O)O)C(=O)O)[C@@H](C)O)C(C)C. The minimum atomic E-state index is -1.88. The van der Waals surface area contributed by atoms with Crippen LogP contribution in [0, 0.1) is 23.7 Å². The number of nitrogens with zero attached hydrogens (tertiary/aromatic N) is 1. The van der Waals surface area contributed by atoms with E-state index in [4.69, 9.17) is 33.8 Å². The number of nitrogens with one attached hydrogen (secondary N) is 9. The van der Waals surface area contributed by atoms with Gasteiger partial charge in [-0.05, 0) is 95.4 Å². The highest BCUT2D eigenvalue weighted by Crippen LogP contribution is 2.13. The Balaban J connectivity index is 6.77. The predicted octanol–water partition coefficient (Wildman–Crippen LogP) is -5.15. The number of carbonyl (C=O) groups is 12. The summed E-state index contributed by atoms with van der Waals surface area (Å²) in [6.45, 7) is 15.8. The van der Waals surface area contributed by atoms with Crippen LogP contribution < -0.4 is 76.5 Å². The highest BCUT2D eigenvalue weighted by atomic mass is 16.4. The minimum Gasteiger partial charge on any atom is -0.481 e. The van der Waals surface area contributed by atoms with Crippen LogP contribution in [0.25, 0.3) is 0 Å². The first-order valence-corrected chi connectivity index (χ1v) is 27.4. The number of aliphatic imine (C=N–C) groups is 1. The zero-order chi connectivity index (χ0) is 63.3. The van der Waals surface area contributed by atoms with E-state index in [1.54, 1.807) is 41.5 Å². The fraction of sp³-hybridized carbons (Fsp3) is 0.745. The molecule has 0 radical (unpaired) electrons. The van der Waals surface area contributed by atoms with Gasteiger partial charge in [-0.3, -0.25) is 57.7 Å². The lowest BCUT2D eigenvalue weighted by atomic mass is 9.98. The number of hydrogen-bond acceptors (Lipinski definition) is 17. The van der Waals surface area contributed by atoms with Gasteiger partial charge in [-0.1, -0.05) is 55.4 Å². The number of guanidine groups is 1. The standard InChI is InChI=1S/C51H93N15O16/c1-23(2)20-32(43(74)58-29(14-11-12-18-52)41(72)60-31(50(81)82)16-17-36(70)71)62-49(80)39(27(9)67)65-45(76)34(22-35(53)69)63-47(78)38(26(7)8)64-44(75)33(21-24(3)4)61-42(73)30(15-13-19-57-51(55)56)59-48(79)40(28(10)68)66-46(77)37(54)25(5)6/h23-34,37-40,67-68H,11-22,52,54H2,1-10H3,(H2,53,69)(H,58,74)(H,59,79)(H,60,72)(H,61,73)(H,62,80)(H,63,78)(H,64,75)(H,65,76)(H,66,77)(H,70,71)(H,81,82)(H4,55,56,57)/t27-,28-,29+,30+,31+,32+,33+,34+,37+,38+,39+,40+/m1/s1. The van der Waals surface area contributed by atoms with Gasteiger partial charge in [-0.15, -0.1) is 0 Å². The molecule has 0 unspecified atom stereocenters. The van der Waals surface area contributed by atoms with E-state index in [-0.39, 0.29) is 75.3 Å². The Morgan fingerprint density at radius 3 is 1.23 bits per heavy atom. The van der Waals surface area contributed by atoms with Crippen molar-refractivity contribution in [3.05, 3.63) is 0 Å². The summed E-state index contributed by atoms with van der Waals surface area (Å²) in [5.41, 5.74) is 28.0. The molecule has 0 aliphatic carbocycles. The van der Waals surface area contributed by atoms with Crippen molar-refractivity contribution >= 4 is 77.0 Å². The highest BCUT2D eigenvalue weighted by Gasteiger charge is 2.38. The largest absolute Gasteiger partial charge is 0.481 e. The van der Waals surface area contributed by atoms with Gasteiger partial charge in [-0.2, -0.15) is 0 Å². The predicted molar refractivity (Wildman–Crippen MR) is 298 cm³/mol. The molecule has 82 heavy (non-hydrogen) atoms. The van der Waals surface area contributed by atoms with Crippen molar-refractivity contribution in [2.45, 2.75) is 206 Å². The van der Waals surface area contributed by atoms with Gasteiger partial charge in [0.25, 0.3) is 0 Å². The molecule has 12 atom stereocenters. The average Bonchev–Trinajstić information content (AvgIpc) is 3.39. The van der Waals surface area contributed by atoms with Crippen LogP contribution >= 0.6 is 0 Å². The Labute approximate surface area is 478 Å². The third-order valence-electron chi connectivity index (χ3n) is 12.5. The van der Waals surface area contributed by atoms with Gasteiger partial charge in [0.05, 0.1) is 24.7 Å². The molecule has 0 rings (SSSR count). The average molecular weight is 1170 g/mol. The number of amides is 10. The number of rotatable bonds is 40. The number of hydrogen-bond donors (Lipinski definition) is 18. The zero-order valence-electron chi connectivity index (χ0n) is 48.7. The number of aliphatic hydroxyl groups excluding tert-OH is 2. The number of nitrogens with two attached hydrogens (primary N) is 5. The molecule has 0 saturated carbocycles. The van der Waals surface area contributed by atoms with Crippen molar-refractivity contribution in [3.8, 4) is 0 Å². The monoisotopic (exact) mass is 1170 g/mol. The van der Waals surface area contributed by atoms with Crippen LogP contribution in [-0.4, -0.2) is 183 Å². The Bertz CT molecular complexity index is 2190. The van der Waals surface area contributed by atoms with E-state index in [1.165, 1.54) is 20.8 Å². The van der Waals surface area contributed by atoms with Crippen molar-refractivity contribution in [2.75, 3.05) is 13.1 Å². The van der Waals surface area contributed by atoms with Gasteiger partial charge < -0.3 is 96.9 Å². The summed E-state index contributed by atoms with van der Waals surface area (Å²) < 4.78 is 0. The number of carboxylic acids is 2. The Hall–Kier alpha value is -7.25. The highest BCUT2D eigenvalue weighted by molar-refractivity contribution is 5.99. The number of aliphatic carboxylic acids is 2. The van der Waals surface area contributed by atoms with Crippen molar-refractivity contribution in [3.63, 3.8) is 0 Å². The molecule has 468 valence electrons. The number of carbonyl (C=O) groups excluding carboxylic acids is 10. The molecule has 0 aromatic rings. The molecule has 10 amide bonds. The van der Waals surface area contributed by atoms with E-state index < -0.39 is 169 Å². The summed E-state index contributed by atoms with van der Waals surface area (Å²) >= 11 is 0. The fourth-order valence-corrected chi connectivity index (χ4v) is 7.88. The molecule has 0 spiro atoms. The van der Waals surface area contributed by atoms with Gasteiger partial charge in [0.15, 0.2) is 5.96 Å². The minimum absolute atomic E-state index is 0.0171. The Kier molecular flexibility index (Phi) is 34.4. The summed E-state index contributed by atoms with van der Waals surface area (Å²) in [6.07, 6.45) is -4.57. The fourth-order valence-electron chi connectivity index (χ4n) is 7.88. The molecule has 23 N–H and O–H groups in total. The number of primary amides is 1. The maximum absolute atomic E-state index is 14.2. The molecule has 0 aliphatic heterocycles.